The lowest BCUT2D eigenvalue weighted by Crippen LogP contribution is -2.03. The van der Waals surface area contributed by atoms with Gasteiger partial charge >= 0.3 is 0 Å². The Bertz CT molecular complexity index is 1090. The Kier molecular flexibility index (Phi) is 4.29. The molecule has 0 aliphatic heterocycles. The van der Waals surface area contributed by atoms with Gasteiger partial charge in [0.2, 0.25) is 0 Å². The third-order valence-corrected chi connectivity index (χ3v) is 5.34. The average Bonchev–Trinajstić information content (AvgIpc) is 2.88. The molecule has 2 nitrogen and oxygen atoms in total. The second-order valence-electron chi connectivity index (χ2n) is 6.85. The fourth-order valence-electron chi connectivity index (χ4n) is 3.60. The number of halogens is 1. The number of pyridine rings is 1. The van der Waals surface area contributed by atoms with E-state index in [-0.39, 0.29) is 0 Å². The van der Waals surface area contributed by atoms with E-state index in [0.717, 1.165) is 22.8 Å². The van der Waals surface area contributed by atoms with E-state index in [1.807, 2.05) is 30.5 Å². The number of hydrogen-bond acceptors (Lipinski definition) is 1. The summed E-state index contributed by atoms with van der Waals surface area (Å²) in [4.78, 5) is 4.72. The van der Waals surface area contributed by atoms with Crippen molar-refractivity contribution in [3.63, 3.8) is 0 Å². The molecule has 2 aromatic heterocycles. The van der Waals surface area contributed by atoms with Crippen molar-refractivity contribution in [2.24, 2.45) is 0 Å². The molecule has 0 aliphatic rings. The number of benzene rings is 2. The molecule has 130 valence electrons. The molecule has 2 aromatic carbocycles. The second kappa shape index (κ2) is 6.62. The summed E-state index contributed by atoms with van der Waals surface area (Å²) < 4.78 is 2.39. The number of rotatable bonds is 3. The van der Waals surface area contributed by atoms with Gasteiger partial charge < -0.3 is 4.57 Å². The Balaban J connectivity index is 1.94. The van der Waals surface area contributed by atoms with Gasteiger partial charge in [0.1, 0.15) is 0 Å². The molecule has 0 amide bonds. The molecule has 0 radical (unpaired) electrons. The molecule has 0 bridgehead atoms. The molecule has 0 spiro atoms. The maximum absolute atomic E-state index is 6.07. The molecule has 0 atom stereocenters. The lowest BCUT2D eigenvalue weighted by Gasteiger charge is -2.12. The van der Waals surface area contributed by atoms with Gasteiger partial charge in [-0.05, 0) is 50.1 Å². The van der Waals surface area contributed by atoms with E-state index in [1.54, 1.807) is 0 Å². The maximum atomic E-state index is 6.07. The molecular weight excluding hydrogens is 340 g/mol. The van der Waals surface area contributed by atoms with Gasteiger partial charge in [0.05, 0.1) is 11.2 Å². The number of fused-ring (bicyclic) bond motifs is 1. The van der Waals surface area contributed by atoms with Crippen LogP contribution in [-0.4, -0.2) is 9.55 Å². The van der Waals surface area contributed by atoms with Crippen molar-refractivity contribution in [2.75, 3.05) is 0 Å². The first kappa shape index (κ1) is 16.9. The highest BCUT2D eigenvalue weighted by atomic mass is 35.5. The van der Waals surface area contributed by atoms with Crippen LogP contribution in [0.3, 0.4) is 0 Å². The van der Waals surface area contributed by atoms with E-state index >= 15 is 0 Å². The highest BCUT2D eigenvalue weighted by Gasteiger charge is 2.16. The van der Waals surface area contributed by atoms with Gasteiger partial charge in [0.15, 0.2) is 0 Å². The van der Waals surface area contributed by atoms with Crippen LogP contribution in [0.2, 0.25) is 5.02 Å². The molecule has 26 heavy (non-hydrogen) atoms. The second-order valence-corrected chi connectivity index (χ2v) is 7.28. The van der Waals surface area contributed by atoms with E-state index < -0.39 is 0 Å². The third kappa shape index (κ3) is 2.91. The molecule has 4 rings (SSSR count). The molecule has 0 aliphatic carbocycles. The van der Waals surface area contributed by atoms with Crippen LogP contribution in [0.25, 0.3) is 22.2 Å². The van der Waals surface area contributed by atoms with Gasteiger partial charge in [0.25, 0.3) is 0 Å². The number of aryl methyl sites for hydroxylation is 2. The summed E-state index contributed by atoms with van der Waals surface area (Å²) in [6, 6.07) is 18.7. The van der Waals surface area contributed by atoms with Gasteiger partial charge in [-0.25, -0.2) is 0 Å². The van der Waals surface area contributed by atoms with Crippen LogP contribution in [0.15, 0.2) is 60.8 Å². The average molecular weight is 361 g/mol. The first-order valence-electron chi connectivity index (χ1n) is 8.80. The molecule has 4 aromatic rings. The van der Waals surface area contributed by atoms with E-state index in [9.17, 15) is 0 Å². The molecule has 3 heteroatoms. The van der Waals surface area contributed by atoms with Gasteiger partial charge in [0, 0.05) is 34.4 Å². The van der Waals surface area contributed by atoms with Crippen molar-refractivity contribution in [1.82, 2.24) is 9.55 Å². The zero-order chi connectivity index (χ0) is 18.3. The Labute approximate surface area is 159 Å². The summed E-state index contributed by atoms with van der Waals surface area (Å²) in [5.41, 5.74) is 8.45. The highest BCUT2D eigenvalue weighted by Crippen LogP contribution is 2.33. The molecule has 0 saturated carbocycles. The van der Waals surface area contributed by atoms with E-state index in [2.05, 4.69) is 55.7 Å². The molecule has 0 saturated heterocycles. The number of aromatic nitrogens is 2. The summed E-state index contributed by atoms with van der Waals surface area (Å²) in [5.74, 6) is 0. The van der Waals surface area contributed by atoms with Gasteiger partial charge in [-0.1, -0.05) is 53.6 Å². The van der Waals surface area contributed by atoms with Gasteiger partial charge in [-0.3, -0.25) is 4.98 Å². The smallest absolute Gasteiger partial charge is 0.0945 e. The number of nitrogens with zero attached hydrogens (tertiary/aromatic N) is 2. The van der Waals surface area contributed by atoms with Crippen LogP contribution in [0, 0.1) is 20.8 Å². The first-order valence-corrected chi connectivity index (χ1v) is 9.18. The van der Waals surface area contributed by atoms with Crippen LogP contribution in [-0.2, 0) is 6.54 Å². The maximum Gasteiger partial charge on any atom is 0.0945 e. The monoisotopic (exact) mass is 360 g/mol. The summed E-state index contributed by atoms with van der Waals surface area (Å²) in [5, 5.41) is 2.00. The fourth-order valence-corrected chi connectivity index (χ4v) is 3.73. The van der Waals surface area contributed by atoms with E-state index in [1.165, 1.54) is 33.3 Å². The molecule has 0 unspecified atom stereocenters. The summed E-state index contributed by atoms with van der Waals surface area (Å²) in [6.07, 6.45) is 1.90. The topological polar surface area (TPSA) is 17.8 Å². The molecular formula is C23H21ClN2. The Hall–Kier alpha value is -2.58. The van der Waals surface area contributed by atoms with Crippen LogP contribution >= 0.6 is 11.6 Å². The predicted octanol–water partition coefficient (Wildman–Crippen LogP) is 6.33. The minimum absolute atomic E-state index is 0.739. The first-order chi connectivity index (χ1) is 12.5. The van der Waals surface area contributed by atoms with Crippen LogP contribution in [0.5, 0.6) is 0 Å². The summed E-state index contributed by atoms with van der Waals surface area (Å²) in [6.45, 7) is 7.35. The van der Waals surface area contributed by atoms with Crippen molar-refractivity contribution in [3.05, 3.63) is 88.2 Å². The van der Waals surface area contributed by atoms with Crippen molar-refractivity contribution in [2.45, 2.75) is 27.3 Å². The molecule has 0 N–H and O–H groups in total. The normalized spacial score (nSPS) is 11.2. The minimum Gasteiger partial charge on any atom is -0.338 e. The number of hydrogen-bond donors (Lipinski definition) is 0. The molecule has 2 heterocycles. The van der Waals surface area contributed by atoms with Crippen molar-refractivity contribution in [3.8, 4) is 11.3 Å². The largest absolute Gasteiger partial charge is 0.338 e. The fraction of sp³-hybridized carbons (Fsp3) is 0.174. The van der Waals surface area contributed by atoms with Gasteiger partial charge in [-0.15, -0.1) is 0 Å². The zero-order valence-electron chi connectivity index (χ0n) is 15.3. The standard InChI is InChI=1S/C23H21ClN2/c1-15-5-4-6-18(13-15)14-26-17(3)16(2)21-11-12-25-22(23(21)26)19-7-9-20(24)10-8-19/h4-13H,14H2,1-3H3. The Morgan fingerprint density at radius 1 is 0.962 bits per heavy atom. The predicted molar refractivity (Wildman–Crippen MR) is 110 cm³/mol. The molecule has 0 fully saturated rings. The van der Waals surface area contributed by atoms with E-state index in [4.69, 9.17) is 16.6 Å². The lowest BCUT2D eigenvalue weighted by molar-refractivity contribution is 0.799. The lowest BCUT2D eigenvalue weighted by atomic mass is 10.1. The third-order valence-electron chi connectivity index (χ3n) is 5.09. The Morgan fingerprint density at radius 2 is 1.73 bits per heavy atom. The SMILES string of the molecule is Cc1cccc(Cn2c(C)c(C)c3ccnc(-c4ccc(Cl)cc4)c32)c1. The zero-order valence-corrected chi connectivity index (χ0v) is 16.0. The summed E-state index contributed by atoms with van der Waals surface area (Å²) >= 11 is 6.07. The summed E-state index contributed by atoms with van der Waals surface area (Å²) in [7, 11) is 0. The van der Waals surface area contributed by atoms with Crippen LogP contribution in [0.1, 0.15) is 22.4 Å². The van der Waals surface area contributed by atoms with Gasteiger partial charge in [-0.2, -0.15) is 0 Å². The van der Waals surface area contributed by atoms with Crippen molar-refractivity contribution >= 4 is 22.5 Å². The van der Waals surface area contributed by atoms with Crippen molar-refractivity contribution < 1.29 is 0 Å². The minimum atomic E-state index is 0.739. The highest BCUT2D eigenvalue weighted by molar-refractivity contribution is 6.30. The quantitative estimate of drug-likeness (QED) is 0.417. The van der Waals surface area contributed by atoms with Crippen LogP contribution < -0.4 is 0 Å². The van der Waals surface area contributed by atoms with Crippen LogP contribution in [0.4, 0.5) is 0 Å². The van der Waals surface area contributed by atoms with E-state index in [0.29, 0.717) is 0 Å². The van der Waals surface area contributed by atoms with Crippen molar-refractivity contribution in [1.29, 1.82) is 0 Å². The Morgan fingerprint density at radius 3 is 2.46 bits per heavy atom.